The second-order valence-electron chi connectivity index (χ2n) is 8.37. The highest BCUT2D eigenvalue weighted by atomic mass is 32.2. The van der Waals surface area contributed by atoms with Gasteiger partial charge in [0.05, 0.1) is 0 Å². The standard InChI is InChI=1S/C23H30FNO4S/c24-20-13-7-17(8-14-20)15-16-30(28,29)25-23-19-11-9-18(10-12-19)21(23)5-3-1-2-4-6-22(26)27/h1,3,7-8,13-16,18-19,21,23,25H,2,4-6,9-12H2,(H,26,27). The molecule has 0 spiro atoms. The predicted octanol–water partition coefficient (Wildman–Crippen LogP) is 4.72. The fourth-order valence-corrected chi connectivity index (χ4v) is 5.97. The lowest BCUT2D eigenvalue weighted by Crippen LogP contribution is -2.52. The highest BCUT2D eigenvalue weighted by molar-refractivity contribution is 7.92. The number of allylic oxidation sites excluding steroid dienone is 2. The zero-order valence-electron chi connectivity index (χ0n) is 17.0. The molecule has 2 bridgehead atoms. The summed E-state index contributed by atoms with van der Waals surface area (Å²) in [5.41, 5.74) is 0.632. The number of nitrogens with one attached hydrogen (secondary N) is 1. The van der Waals surface area contributed by atoms with Gasteiger partial charge >= 0.3 is 5.97 Å². The molecule has 1 aromatic carbocycles. The van der Waals surface area contributed by atoms with Gasteiger partial charge in [0.25, 0.3) is 0 Å². The van der Waals surface area contributed by atoms with Gasteiger partial charge in [-0.05, 0) is 86.5 Å². The van der Waals surface area contributed by atoms with Crippen molar-refractivity contribution >= 4 is 22.1 Å². The van der Waals surface area contributed by atoms with Crippen LogP contribution < -0.4 is 4.72 Å². The van der Waals surface area contributed by atoms with Crippen molar-refractivity contribution in [2.45, 2.75) is 57.4 Å². The van der Waals surface area contributed by atoms with Crippen LogP contribution in [0.2, 0.25) is 0 Å². The zero-order valence-corrected chi connectivity index (χ0v) is 17.9. The van der Waals surface area contributed by atoms with E-state index in [-0.39, 0.29) is 24.2 Å². The number of hydrogen-bond acceptors (Lipinski definition) is 3. The molecule has 4 rings (SSSR count). The molecule has 3 aliphatic rings. The lowest BCUT2D eigenvalue weighted by atomic mass is 9.61. The summed E-state index contributed by atoms with van der Waals surface area (Å²) in [7, 11) is -3.61. The normalized spacial score (nSPS) is 26.6. The first-order chi connectivity index (χ1) is 14.3. The average molecular weight is 436 g/mol. The number of aliphatic carboxylic acids is 1. The molecule has 0 saturated heterocycles. The number of halogens is 1. The Morgan fingerprint density at radius 3 is 2.43 bits per heavy atom. The Bertz CT molecular complexity index is 871. The maximum atomic E-state index is 13.0. The van der Waals surface area contributed by atoms with Crippen molar-refractivity contribution in [1.82, 2.24) is 4.72 Å². The number of fused-ring (bicyclic) bond motifs is 3. The van der Waals surface area contributed by atoms with Crippen molar-refractivity contribution in [1.29, 1.82) is 0 Å². The van der Waals surface area contributed by atoms with E-state index in [1.807, 2.05) is 6.08 Å². The predicted molar refractivity (Wildman–Crippen MR) is 115 cm³/mol. The summed E-state index contributed by atoms with van der Waals surface area (Å²) in [5, 5.41) is 9.87. The molecule has 0 aromatic heterocycles. The Morgan fingerprint density at radius 1 is 1.10 bits per heavy atom. The van der Waals surface area contributed by atoms with Gasteiger partial charge in [-0.2, -0.15) is 0 Å². The van der Waals surface area contributed by atoms with E-state index >= 15 is 0 Å². The van der Waals surface area contributed by atoms with Crippen LogP contribution in [0.1, 0.15) is 56.9 Å². The van der Waals surface area contributed by atoms with Crippen LogP contribution in [0.25, 0.3) is 6.08 Å². The van der Waals surface area contributed by atoms with Crippen LogP contribution in [0.5, 0.6) is 0 Å². The summed E-state index contributed by atoms with van der Waals surface area (Å²) in [6, 6.07) is 5.62. The maximum Gasteiger partial charge on any atom is 0.303 e. The van der Waals surface area contributed by atoms with Gasteiger partial charge in [-0.25, -0.2) is 17.5 Å². The third-order valence-corrected chi connectivity index (χ3v) is 7.43. The third-order valence-electron chi connectivity index (χ3n) is 6.34. The molecular weight excluding hydrogens is 405 g/mol. The molecule has 3 saturated carbocycles. The topological polar surface area (TPSA) is 83.5 Å². The number of hydrogen-bond donors (Lipinski definition) is 2. The minimum absolute atomic E-state index is 0.0796. The van der Waals surface area contributed by atoms with Crippen LogP contribution >= 0.6 is 0 Å². The van der Waals surface area contributed by atoms with Gasteiger partial charge in [0.15, 0.2) is 0 Å². The molecule has 5 nitrogen and oxygen atoms in total. The SMILES string of the molecule is O=C(O)CCCC=CCC1C2CCC(CC2)C1NS(=O)(=O)C=Cc1ccc(F)cc1. The summed E-state index contributed by atoms with van der Waals surface area (Å²) in [6.07, 6.45) is 12.3. The third kappa shape index (κ3) is 6.51. The molecule has 30 heavy (non-hydrogen) atoms. The van der Waals surface area contributed by atoms with Crippen molar-refractivity contribution in [3.63, 3.8) is 0 Å². The molecule has 1 aromatic rings. The molecule has 0 amide bonds. The van der Waals surface area contributed by atoms with Crippen molar-refractivity contribution in [2.24, 2.45) is 17.8 Å². The van der Waals surface area contributed by atoms with Gasteiger partial charge in [0.2, 0.25) is 10.0 Å². The minimum atomic E-state index is -3.61. The van der Waals surface area contributed by atoms with E-state index in [9.17, 15) is 17.6 Å². The fraction of sp³-hybridized carbons (Fsp3) is 0.522. The highest BCUT2D eigenvalue weighted by Gasteiger charge is 2.44. The molecule has 164 valence electrons. The van der Waals surface area contributed by atoms with Gasteiger partial charge < -0.3 is 5.11 Å². The summed E-state index contributed by atoms with van der Waals surface area (Å²) < 4.78 is 41.3. The molecule has 2 N–H and O–H groups in total. The van der Waals surface area contributed by atoms with Gasteiger partial charge in [0, 0.05) is 17.9 Å². The van der Waals surface area contributed by atoms with Crippen molar-refractivity contribution in [3.05, 3.63) is 53.2 Å². The molecule has 0 heterocycles. The van der Waals surface area contributed by atoms with E-state index in [4.69, 9.17) is 5.11 Å². The molecule has 2 atom stereocenters. The maximum absolute atomic E-state index is 13.0. The van der Waals surface area contributed by atoms with Crippen LogP contribution in [0, 0.1) is 23.6 Å². The largest absolute Gasteiger partial charge is 0.481 e. The number of rotatable bonds is 10. The minimum Gasteiger partial charge on any atom is -0.481 e. The molecule has 3 aliphatic carbocycles. The van der Waals surface area contributed by atoms with Crippen LogP contribution in [0.15, 0.2) is 41.8 Å². The monoisotopic (exact) mass is 435 g/mol. The lowest BCUT2D eigenvalue weighted by Gasteiger charge is -2.48. The van der Waals surface area contributed by atoms with E-state index < -0.39 is 16.0 Å². The zero-order chi connectivity index (χ0) is 21.6. The van der Waals surface area contributed by atoms with Gasteiger partial charge in [-0.3, -0.25) is 4.79 Å². The Morgan fingerprint density at radius 2 is 1.77 bits per heavy atom. The van der Waals surface area contributed by atoms with E-state index in [2.05, 4.69) is 10.8 Å². The van der Waals surface area contributed by atoms with Gasteiger partial charge in [-0.1, -0.05) is 24.3 Å². The highest BCUT2D eigenvalue weighted by Crippen LogP contribution is 2.46. The summed E-state index contributed by atoms with van der Waals surface area (Å²) in [4.78, 5) is 10.6. The van der Waals surface area contributed by atoms with E-state index in [0.29, 0.717) is 23.8 Å². The van der Waals surface area contributed by atoms with Crippen LogP contribution in [-0.4, -0.2) is 25.5 Å². The summed E-state index contributed by atoms with van der Waals surface area (Å²) in [6.45, 7) is 0. The Labute approximate surface area is 178 Å². The van der Waals surface area contributed by atoms with Gasteiger partial charge in [-0.15, -0.1) is 0 Å². The summed E-state index contributed by atoms with van der Waals surface area (Å²) >= 11 is 0. The van der Waals surface area contributed by atoms with Crippen LogP contribution in [0.4, 0.5) is 4.39 Å². The Balaban J connectivity index is 1.61. The molecule has 2 unspecified atom stereocenters. The van der Waals surface area contributed by atoms with E-state index in [1.54, 1.807) is 12.1 Å². The number of benzene rings is 1. The summed E-state index contributed by atoms with van der Waals surface area (Å²) in [5.74, 6) is 0.00504. The quantitative estimate of drug-likeness (QED) is 0.411. The number of carbonyl (C=O) groups is 1. The lowest BCUT2D eigenvalue weighted by molar-refractivity contribution is -0.137. The first kappa shape index (κ1) is 22.7. The van der Waals surface area contributed by atoms with E-state index in [0.717, 1.165) is 38.5 Å². The molecular formula is C23H30FNO4S. The first-order valence-electron chi connectivity index (χ1n) is 10.7. The fourth-order valence-electron chi connectivity index (χ4n) is 4.81. The van der Waals surface area contributed by atoms with Crippen molar-refractivity contribution < 1.29 is 22.7 Å². The number of unbranched alkanes of at least 4 members (excludes halogenated alkanes) is 1. The molecule has 3 fully saturated rings. The van der Waals surface area contributed by atoms with Crippen LogP contribution in [-0.2, 0) is 14.8 Å². The smallest absolute Gasteiger partial charge is 0.303 e. The van der Waals surface area contributed by atoms with E-state index in [1.165, 1.54) is 23.6 Å². The Hall–Kier alpha value is -1.99. The average Bonchev–Trinajstić information content (AvgIpc) is 2.71. The molecule has 0 radical (unpaired) electrons. The number of sulfonamides is 1. The van der Waals surface area contributed by atoms with Crippen molar-refractivity contribution in [3.8, 4) is 0 Å². The van der Waals surface area contributed by atoms with Crippen LogP contribution in [0.3, 0.4) is 0 Å². The molecule has 0 aliphatic heterocycles. The van der Waals surface area contributed by atoms with Crippen molar-refractivity contribution in [2.75, 3.05) is 0 Å². The second-order valence-corrected chi connectivity index (χ2v) is 9.97. The first-order valence-corrected chi connectivity index (χ1v) is 12.2. The number of carboxylic acids is 1. The number of carboxylic acid groups (broad SMARTS) is 1. The second kappa shape index (κ2) is 10.4. The molecule has 7 heteroatoms. The Kier molecular flexibility index (Phi) is 7.83. The van der Waals surface area contributed by atoms with Gasteiger partial charge in [0.1, 0.15) is 5.82 Å².